The number of Topliss-reactive ketones (excluding diaryl/α,β-unsaturated/α-hetero) is 2. The number of amides is 1. The Hall–Kier alpha value is -3.27. The van der Waals surface area contributed by atoms with Crippen molar-refractivity contribution in [2.75, 3.05) is 27.9 Å². The Morgan fingerprint density at radius 2 is 1.62 bits per heavy atom. The van der Waals surface area contributed by atoms with E-state index in [0.717, 1.165) is 5.57 Å². The molecule has 3 aliphatic heterocycles. The molecule has 2 N–H and O–H groups in total. The van der Waals surface area contributed by atoms with Crippen LogP contribution in [0.4, 0.5) is 0 Å². The highest BCUT2D eigenvalue weighted by molar-refractivity contribution is 6.39. The zero-order valence-corrected chi connectivity index (χ0v) is 39.5. The number of cyclic esters (lactones) is 1. The number of carbonyl (C=O) groups is 5. The van der Waals surface area contributed by atoms with Gasteiger partial charge in [-0.05, 0) is 101 Å². The Morgan fingerprint density at radius 3 is 2.25 bits per heavy atom. The number of allylic oxidation sites excluding steroid dienone is 4. The molecule has 0 spiro atoms. The van der Waals surface area contributed by atoms with Gasteiger partial charge in [-0.3, -0.25) is 19.2 Å². The van der Waals surface area contributed by atoms with Gasteiger partial charge < -0.3 is 43.5 Å². The lowest BCUT2D eigenvalue weighted by molar-refractivity contribution is -0.302. The maximum absolute atomic E-state index is 14.5. The van der Waals surface area contributed by atoms with Gasteiger partial charge in [-0.25, -0.2) is 4.79 Å². The SMILES string of the molecule is C=CC[C@@H]1/C=C(\C)C[C@H](C)C[C@H](OC)[C@H]2O[C@@](O)(C(=O)C(=O)N3CCCC[C@H]3C(=O)O[C@H](/C(C)=C/[C@@H]3CC[C@@H](OC(=O)CC(C)C)[C@H](OC)C3)[C@H](C)[C@@H](O)CC1=O)[C@H](C)C[C@@H]2OC. The van der Waals surface area contributed by atoms with Gasteiger partial charge in [0.2, 0.25) is 5.79 Å². The maximum Gasteiger partial charge on any atom is 0.329 e. The highest BCUT2D eigenvalue weighted by Crippen LogP contribution is 2.39. The Balaban J connectivity index is 1.74. The summed E-state index contributed by atoms with van der Waals surface area (Å²) in [6.45, 7) is 17.0. The van der Waals surface area contributed by atoms with E-state index in [1.807, 2.05) is 46.8 Å². The first-order valence-electron chi connectivity index (χ1n) is 23.2. The normalized spacial score (nSPS) is 38.2. The van der Waals surface area contributed by atoms with Crippen molar-refractivity contribution in [3.63, 3.8) is 0 Å². The third kappa shape index (κ3) is 13.4. The van der Waals surface area contributed by atoms with Gasteiger partial charge in [0, 0.05) is 58.5 Å². The number of piperidine rings is 1. The first-order valence-corrected chi connectivity index (χ1v) is 23.2. The average Bonchev–Trinajstić information content (AvgIpc) is 3.24. The van der Waals surface area contributed by atoms with Gasteiger partial charge in [0.15, 0.2) is 0 Å². The summed E-state index contributed by atoms with van der Waals surface area (Å²) in [5.41, 5.74) is 1.59. The topological polar surface area (TPSA) is 184 Å². The lowest BCUT2D eigenvalue weighted by Gasteiger charge is -2.47. The summed E-state index contributed by atoms with van der Waals surface area (Å²) in [6, 6.07) is -1.16. The third-order valence-corrected chi connectivity index (χ3v) is 13.7. The molecule has 1 saturated carbocycles. The monoisotopic (exact) mass is 888 g/mol. The number of aliphatic hydroxyl groups is 2. The van der Waals surface area contributed by atoms with Crippen molar-refractivity contribution in [1.29, 1.82) is 0 Å². The van der Waals surface area contributed by atoms with Crippen LogP contribution in [0.5, 0.6) is 0 Å². The first-order chi connectivity index (χ1) is 29.8. The molecule has 0 aromatic heterocycles. The number of ether oxygens (including phenoxy) is 6. The van der Waals surface area contributed by atoms with Gasteiger partial charge in [-0.15, -0.1) is 6.58 Å². The molecule has 3 heterocycles. The van der Waals surface area contributed by atoms with E-state index >= 15 is 0 Å². The van der Waals surface area contributed by atoms with Crippen molar-refractivity contribution >= 4 is 29.4 Å². The molecular formula is C49H77NO13. The summed E-state index contributed by atoms with van der Waals surface area (Å²) < 4.78 is 36.0. The number of nitrogens with zero attached hydrogens (tertiary/aromatic N) is 1. The van der Waals surface area contributed by atoms with E-state index in [4.69, 9.17) is 28.4 Å². The lowest BCUT2D eigenvalue weighted by Crippen LogP contribution is -2.64. The molecule has 63 heavy (non-hydrogen) atoms. The van der Waals surface area contributed by atoms with E-state index in [9.17, 15) is 34.2 Å². The zero-order chi connectivity index (χ0) is 46.8. The Morgan fingerprint density at radius 1 is 0.952 bits per heavy atom. The second-order valence-corrected chi connectivity index (χ2v) is 19.3. The highest BCUT2D eigenvalue weighted by Gasteiger charge is 2.56. The van der Waals surface area contributed by atoms with Crippen molar-refractivity contribution in [2.24, 2.45) is 35.5 Å². The van der Waals surface area contributed by atoms with Gasteiger partial charge >= 0.3 is 11.9 Å². The molecular weight excluding hydrogens is 811 g/mol. The number of rotatable bonds is 10. The molecule has 14 nitrogen and oxygen atoms in total. The summed E-state index contributed by atoms with van der Waals surface area (Å²) >= 11 is 0. The summed E-state index contributed by atoms with van der Waals surface area (Å²) in [7, 11) is 4.64. The van der Waals surface area contributed by atoms with Crippen molar-refractivity contribution < 1.29 is 62.6 Å². The number of ketones is 2. The molecule has 2 saturated heterocycles. The average molecular weight is 888 g/mol. The van der Waals surface area contributed by atoms with Crippen LogP contribution in [-0.4, -0.2) is 127 Å². The van der Waals surface area contributed by atoms with Gasteiger partial charge in [0.25, 0.3) is 11.7 Å². The molecule has 0 radical (unpaired) electrons. The van der Waals surface area contributed by atoms with Crippen LogP contribution >= 0.6 is 0 Å². The van der Waals surface area contributed by atoms with E-state index in [1.54, 1.807) is 27.0 Å². The number of fused-ring (bicyclic) bond motifs is 3. The Labute approximate surface area is 375 Å². The number of hydrogen-bond acceptors (Lipinski definition) is 13. The summed E-state index contributed by atoms with van der Waals surface area (Å²) in [5, 5.41) is 23.9. The van der Waals surface area contributed by atoms with Gasteiger partial charge in [0.05, 0.1) is 24.4 Å². The van der Waals surface area contributed by atoms with Crippen molar-refractivity contribution in [2.45, 2.75) is 180 Å². The molecule has 14 atom stereocenters. The number of aliphatic hydroxyl groups excluding tert-OH is 1. The molecule has 1 amide bonds. The number of hydrogen-bond donors (Lipinski definition) is 2. The maximum atomic E-state index is 14.5. The molecule has 0 aromatic rings. The molecule has 356 valence electrons. The Bertz CT molecular complexity index is 1660. The van der Waals surface area contributed by atoms with E-state index in [-0.39, 0.29) is 61.4 Å². The number of carbonyl (C=O) groups excluding carboxylic acids is 5. The fourth-order valence-corrected chi connectivity index (χ4v) is 10.1. The minimum Gasteiger partial charge on any atom is -0.460 e. The fourth-order valence-electron chi connectivity index (χ4n) is 10.1. The largest absolute Gasteiger partial charge is 0.460 e. The first kappa shape index (κ1) is 52.4. The molecule has 0 unspecified atom stereocenters. The highest BCUT2D eigenvalue weighted by atomic mass is 16.7. The second-order valence-electron chi connectivity index (χ2n) is 19.3. The van der Waals surface area contributed by atoms with Crippen LogP contribution in [0.25, 0.3) is 0 Å². The van der Waals surface area contributed by atoms with Crippen LogP contribution in [0.2, 0.25) is 0 Å². The van der Waals surface area contributed by atoms with Crippen LogP contribution in [0.1, 0.15) is 126 Å². The van der Waals surface area contributed by atoms with Crippen LogP contribution in [0.3, 0.4) is 0 Å². The van der Waals surface area contributed by atoms with Crippen LogP contribution in [0, 0.1) is 35.5 Å². The quantitative estimate of drug-likeness (QED) is 0.143. The van der Waals surface area contributed by atoms with Crippen LogP contribution < -0.4 is 0 Å². The molecule has 3 fully saturated rings. The van der Waals surface area contributed by atoms with Gasteiger partial charge in [-0.2, -0.15) is 0 Å². The summed E-state index contributed by atoms with van der Waals surface area (Å²) in [5.74, 6) is -8.04. The smallest absolute Gasteiger partial charge is 0.329 e. The van der Waals surface area contributed by atoms with Crippen molar-refractivity contribution in [3.05, 3.63) is 36.0 Å². The predicted molar refractivity (Wildman–Crippen MR) is 236 cm³/mol. The van der Waals surface area contributed by atoms with E-state index in [1.165, 1.54) is 19.1 Å². The standard InChI is InChI=1S/C49H77NO13/c1-12-15-35-22-29(4)21-30(5)23-41(59-10)45-42(60-11)25-32(7)49(57,63-45)46(54)47(55)50-19-14-13-16-36(50)48(56)62-44(33(8)37(51)27-38(35)52)31(6)24-34-17-18-39(40(26-34)58-9)61-43(53)20-28(2)3/h12,22,24,28,30,32-37,39-42,44-45,51,57H,1,13-21,23,25-27H2,2-11H3/b29-22+,31-24+/t30-,32+,33+,34-,35+,36-,37-,39+,40+,41-,42-,44+,45+,49+/m0/s1. The fraction of sp³-hybridized carbons (Fsp3) is 0.776. The summed E-state index contributed by atoms with van der Waals surface area (Å²) in [4.78, 5) is 70.9. The van der Waals surface area contributed by atoms with E-state index < -0.39 is 83.9 Å². The minimum atomic E-state index is -2.53. The van der Waals surface area contributed by atoms with Gasteiger partial charge in [0.1, 0.15) is 30.1 Å². The molecule has 4 aliphatic rings. The van der Waals surface area contributed by atoms with Crippen LogP contribution in [0.15, 0.2) is 36.0 Å². The van der Waals surface area contributed by atoms with E-state index in [2.05, 4.69) is 6.58 Å². The number of esters is 2. The van der Waals surface area contributed by atoms with Crippen LogP contribution in [-0.2, 0) is 52.4 Å². The molecule has 14 heteroatoms. The molecule has 2 bridgehead atoms. The van der Waals surface area contributed by atoms with Crippen molar-refractivity contribution in [1.82, 2.24) is 4.90 Å². The predicted octanol–water partition coefficient (Wildman–Crippen LogP) is 6.24. The molecule has 1 aliphatic carbocycles. The number of methoxy groups -OCH3 is 3. The van der Waals surface area contributed by atoms with Crippen molar-refractivity contribution in [3.8, 4) is 0 Å². The second kappa shape index (κ2) is 23.8. The molecule has 0 aromatic carbocycles. The Kier molecular flexibility index (Phi) is 19.8. The summed E-state index contributed by atoms with van der Waals surface area (Å²) in [6.07, 6.45) is 5.25. The van der Waals surface area contributed by atoms with Gasteiger partial charge in [-0.1, -0.05) is 58.4 Å². The molecule has 4 rings (SSSR count). The van der Waals surface area contributed by atoms with E-state index in [0.29, 0.717) is 63.4 Å². The third-order valence-electron chi connectivity index (χ3n) is 13.7. The lowest BCUT2D eigenvalue weighted by atomic mass is 9.81. The zero-order valence-electron chi connectivity index (χ0n) is 39.5. The minimum absolute atomic E-state index is 0.00168.